The van der Waals surface area contributed by atoms with Gasteiger partial charge in [-0.15, -0.1) is 0 Å². The summed E-state index contributed by atoms with van der Waals surface area (Å²) in [6.07, 6.45) is 5.48. The van der Waals surface area contributed by atoms with Crippen molar-refractivity contribution in [2.45, 2.75) is 6.42 Å². The van der Waals surface area contributed by atoms with Crippen molar-refractivity contribution in [1.29, 1.82) is 0 Å². The van der Waals surface area contributed by atoms with Crippen molar-refractivity contribution >= 4 is 23.3 Å². The largest absolute Gasteiger partial charge is 0.373 e. The Morgan fingerprint density at radius 1 is 1.47 bits per heavy atom. The molecular formula is C12H14ClN5O. The molecule has 0 saturated carbocycles. The van der Waals surface area contributed by atoms with Crippen LogP contribution in [0, 0.1) is 0 Å². The Kier molecular flexibility index (Phi) is 4.35. The third-order valence-electron chi connectivity index (χ3n) is 2.59. The minimum absolute atomic E-state index is 0.219. The highest BCUT2D eigenvalue weighted by molar-refractivity contribution is 6.33. The first-order valence-corrected chi connectivity index (χ1v) is 6.17. The molecule has 0 aliphatic rings. The number of H-pyrrole nitrogens is 1. The number of hydrogen-bond donors (Lipinski definition) is 3. The number of nitrogens with one attached hydrogen (secondary N) is 3. The van der Waals surface area contributed by atoms with Gasteiger partial charge in [0.05, 0.1) is 16.9 Å². The fourth-order valence-electron chi connectivity index (χ4n) is 1.58. The van der Waals surface area contributed by atoms with Crippen LogP contribution in [0.15, 0.2) is 24.8 Å². The number of carbonyl (C=O) groups is 1. The molecule has 2 rings (SSSR count). The topological polar surface area (TPSA) is 82.7 Å². The van der Waals surface area contributed by atoms with Gasteiger partial charge in [-0.25, -0.2) is 9.97 Å². The average molecular weight is 280 g/mol. The van der Waals surface area contributed by atoms with Crippen LogP contribution < -0.4 is 10.6 Å². The van der Waals surface area contributed by atoms with Crippen LogP contribution in [0.1, 0.15) is 16.1 Å². The van der Waals surface area contributed by atoms with Crippen molar-refractivity contribution in [3.8, 4) is 0 Å². The molecule has 0 unspecified atom stereocenters. The quantitative estimate of drug-likeness (QED) is 0.774. The zero-order valence-electron chi connectivity index (χ0n) is 10.4. The minimum atomic E-state index is -0.219. The molecule has 2 heterocycles. The van der Waals surface area contributed by atoms with Crippen LogP contribution in [-0.4, -0.2) is 34.5 Å². The Hall–Kier alpha value is -2.08. The minimum Gasteiger partial charge on any atom is -0.373 e. The number of pyridine rings is 1. The van der Waals surface area contributed by atoms with Gasteiger partial charge in [0.15, 0.2) is 0 Å². The fourth-order valence-corrected chi connectivity index (χ4v) is 1.77. The van der Waals surface area contributed by atoms with Gasteiger partial charge in [0.1, 0.15) is 5.82 Å². The molecule has 7 heteroatoms. The van der Waals surface area contributed by atoms with Crippen LogP contribution in [0.3, 0.4) is 0 Å². The first kappa shape index (κ1) is 13.4. The maximum Gasteiger partial charge on any atom is 0.253 e. The Bertz CT molecular complexity index is 555. The van der Waals surface area contributed by atoms with E-state index in [4.69, 9.17) is 11.6 Å². The van der Waals surface area contributed by atoms with Crippen LogP contribution in [0.5, 0.6) is 0 Å². The molecular weight excluding hydrogens is 266 g/mol. The molecule has 0 aliphatic carbocycles. The van der Waals surface area contributed by atoms with Gasteiger partial charge in [-0.1, -0.05) is 11.6 Å². The highest BCUT2D eigenvalue weighted by Crippen LogP contribution is 2.17. The summed E-state index contributed by atoms with van der Waals surface area (Å²) in [5.74, 6) is 0.381. The highest BCUT2D eigenvalue weighted by atomic mass is 35.5. The van der Waals surface area contributed by atoms with Crippen LogP contribution in [0.25, 0.3) is 0 Å². The maximum atomic E-state index is 12.0. The lowest BCUT2D eigenvalue weighted by atomic mass is 10.2. The van der Waals surface area contributed by atoms with Crippen LogP contribution in [-0.2, 0) is 6.42 Å². The lowest BCUT2D eigenvalue weighted by molar-refractivity contribution is 0.0954. The number of nitrogens with zero attached hydrogens (tertiary/aromatic N) is 2. The van der Waals surface area contributed by atoms with E-state index in [2.05, 4.69) is 25.6 Å². The van der Waals surface area contributed by atoms with E-state index in [1.165, 1.54) is 6.20 Å². The van der Waals surface area contributed by atoms with E-state index in [1.54, 1.807) is 25.6 Å². The second kappa shape index (κ2) is 6.19. The molecule has 0 aromatic carbocycles. The van der Waals surface area contributed by atoms with Gasteiger partial charge in [0, 0.05) is 38.1 Å². The number of hydrogen-bond acceptors (Lipinski definition) is 4. The molecule has 0 atom stereocenters. The van der Waals surface area contributed by atoms with Crippen molar-refractivity contribution < 1.29 is 4.79 Å². The van der Waals surface area contributed by atoms with Crippen molar-refractivity contribution in [3.63, 3.8) is 0 Å². The predicted octanol–water partition coefficient (Wildman–Crippen LogP) is 1.47. The molecule has 0 bridgehead atoms. The number of rotatable bonds is 5. The molecule has 100 valence electrons. The molecule has 19 heavy (non-hydrogen) atoms. The molecule has 0 aliphatic heterocycles. The van der Waals surface area contributed by atoms with Crippen molar-refractivity contribution in [3.05, 3.63) is 41.1 Å². The zero-order chi connectivity index (χ0) is 13.7. The molecule has 0 spiro atoms. The summed E-state index contributed by atoms with van der Waals surface area (Å²) in [7, 11) is 1.73. The molecule has 0 radical (unpaired) electrons. The molecule has 0 fully saturated rings. The van der Waals surface area contributed by atoms with Gasteiger partial charge in [-0.2, -0.15) is 0 Å². The summed E-state index contributed by atoms with van der Waals surface area (Å²) in [6.45, 7) is 0.508. The highest BCUT2D eigenvalue weighted by Gasteiger charge is 2.11. The summed E-state index contributed by atoms with van der Waals surface area (Å²) in [5, 5.41) is 6.00. The van der Waals surface area contributed by atoms with Gasteiger partial charge in [0.25, 0.3) is 5.91 Å². The van der Waals surface area contributed by atoms with Gasteiger partial charge < -0.3 is 15.6 Å². The first-order valence-electron chi connectivity index (χ1n) is 5.79. The van der Waals surface area contributed by atoms with Crippen LogP contribution >= 0.6 is 11.6 Å². The number of imidazole rings is 1. The van der Waals surface area contributed by atoms with E-state index in [0.717, 1.165) is 5.69 Å². The number of halogens is 1. The molecule has 3 N–H and O–H groups in total. The Balaban J connectivity index is 1.95. The van der Waals surface area contributed by atoms with E-state index in [9.17, 15) is 4.79 Å². The summed E-state index contributed by atoms with van der Waals surface area (Å²) in [4.78, 5) is 22.9. The van der Waals surface area contributed by atoms with E-state index in [1.807, 2.05) is 0 Å². The number of aromatic amines is 1. The van der Waals surface area contributed by atoms with Crippen molar-refractivity contribution in [2.24, 2.45) is 0 Å². The Labute approximate surface area is 115 Å². The predicted molar refractivity (Wildman–Crippen MR) is 73.4 cm³/mol. The summed E-state index contributed by atoms with van der Waals surface area (Å²) in [5.41, 5.74) is 1.38. The van der Waals surface area contributed by atoms with Gasteiger partial charge >= 0.3 is 0 Å². The molecule has 2 aromatic rings. The normalized spacial score (nSPS) is 10.2. The van der Waals surface area contributed by atoms with Crippen molar-refractivity contribution in [2.75, 3.05) is 18.9 Å². The first-order chi connectivity index (χ1) is 9.20. The monoisotopic (exact) mass is 279 g/mol. The second-order valence-corrected chi connectivity index (χ2v) is 4.29. The Morgan fingerprint density at radius 2 is 2.32 bits per heavy atom. The number of anilines is 1. The number of aromatic nitrogens is 3. The van der Waals surface area contributed by atoms with Gasteiger partial charge in [-0.05, 0) is 6.07 Å². The summed E-state index contributed by atoms with van der Waals surface area (Å²) >= 11 is 5.96. The van der Waals surface area contributed by atoms with E-state index >= 15 is 0 Å². The standard InChI is InChI=1S/C12H14ClN5O/c1-14-11-4-9(10(13)6-17-11)12(19)16-3-2-8-5-15-7-18-8/h4-7H,2-3H2,1H3,(H,14,17)(H,15,18)(H,16,19). The zero-order valence-corrected chi connectivity index (χ0v) is 11.2. The third-order valence-corrected chi connectivity index (χ3v) is 2.89. The Morgan fingerprint density at radius 3 is 3.00 bits per heavy atom. The van der Waals surface area contributed by atoms with Crippen LogP contribution in [0.4, 0.5) is 5.82 Å². The van der Waals surface area contributed by atoms with Gasteiger partial charge in [0.2, 0.25) is 0 Å². The number of amides is 1. The van der Waals surface area contributed by atoms with E-state index < -0.39 is 0 Å². The molecule has 2 aromatic heterocycles. The van der Waals surface area contributed by atoms with Gasteiger partial charge in [-0.3, -0.25) is 4.79 Å². The van der Waals surface area contributed by atoms with Crippen molar-refractivity contribution in [1.82, 2.24) is 20.3 Å². The smallest absolute Gasteiger partial charge is 0.253 e. The lowest BCUT2D eigenvalue weighted by Gasteiger charge is -2.07. The van der Waals surface area contributed by atoms with E-state index in [-0.39, 0.29) is 5.91 Å². The van der Waals surface area contributed by atoms with Crippen LogP contribution in [0.2, 0.25) is 5.02 Å². The van der Waals surface area contributed by atoms with E-state index in [0.29, 0.717) is 29.4 Å². The lowest BCUT2D eigenvalue weighted by Crippen LogP contribution is -2.26. The maximum absolute atomic E-state index is 12.0. The SMILES string of the molecule is CNc1cc(C(=O)NCCc2cnc[nH]2)c(Cl)cn1. The molecule has 1 amide bonds. The summed E-state index contributed by atoms with van der Waals surface area (Å²) < 4.78 is 0. The second-order valence-electron chi connectivity index (χ2n) is 3.88. The molecule has 6 nitrogen and oxygen atoms in total. The molecule has 0 saturated heterocycles. The number of carbonyl (C=O) groups excluding carboxylic acids is 1. The third kappa shape index (κ3) is 3.45. The summed E-state index contributed by atoms with van der Waals surface area (Å²) in [6, 6.07) is 1.62. The average Bonchev–Trinajstić information content (AvgIpc) is 2.92. The fraction of sp³-hybridized carbons (Fsp3) is 0.250.